The third-order valence-electron chi connectivity index (χ3n) is 4.64. The zero-order valence-electron chi connectivity index (χ0n) is 18.9. The van der Waals surface area contributed by atoms with Crippen LogP contribution in [0.15, 0.2) is 54.2 Å². The van der Waals surface area contributed by atoms with E-state index in [1.54, 1.807) is 7.11 Å². The number of nitriles is 1. The molecule has 32 heavy (non-hydrogen) atoms. The molecule has 0 saturated heterocycles. The van der Waals surface area contributed by atoms with E-state index in [0.29, 0.717) is 39.1 Å². The Morgan fingerprint density at radius 1 is 0.969 bits per heavy atom. The van der Waals surface area contributed by atoms with E-state index in [4.69, 9.17) is 14.2 Å². The number of amides is 1. The normalized spacial score (nSPS) is 10.8. The maximum atomic E-state index is 12.3. The zero-order chi connectivity index (χ0) is 23.2. The monoisotopic (exact) mass is 437 g/mol. The maximum absolute atomic E-state index is 12.3. The van der Waals surface area contributed by atoms with Crippen molar-refractivity contribution in [3.63, 3.8) is 0 Å². The van der Waals surface area contributed by atoms with Gasteiger partial charge in [0.2, 0.25) is 0 Å². The number of nitrogens with one attached hydrogen (secondary N) is 2. The SMILES string of the molecule is CCOc1ccc(CCN/C=C(/C#N)C(=O)NCCc2ccc(OC)cc2)cc1OCC. The molecule has 0 saturated carbocycles. The number of benzene rings is 2. The molecule has 170 valence electrons. The number of rotatable bonds is 13. The van der Waals surface area contributed by atoms with Crippen molar-refractivity contribution in [3.05, 3.63) is 65.4 Å². The minimum Gasteiger partial charge on any atom is -0.497 e. The molecule has 2 rings (SSSR count). The fraction of sp³-hybridized carbons (Fsp3) is 0.360. The summed E-state index contributed by atoms with van der Waals surface area (Å²) in [5, 5.41) is 15.1. The molecule has 0 heterocycles. The summed E-state index contributed by atoms with van der Waals surface area (Å²) in [7, 11) is 1.62. The number of hydrogen-bond donors (Lipinski definition) is 2. The van der Waals surface area contributed by atoms with Gasteiger partial charge in [-0.25, -0.2) is 0 Å². The van der Waals surface area contributed by atoms with E-state index >= 15 is 0 Å². The number of nitrogens with zero attached hydrogens (tertiary/aromatic N) is 1. The first-order valence-electron chi connectivity index (χ1n) is 10.7. The van der Waals surface area contributed by atoms with Crippen LogP contribution in [0.1, 0.15) is 25.0 Å². The highest BCUT2D eigenvalue weighted by Gasteiger charge is 2.09. The molecule has 0 atom stereocenters. The number of ether oxygens (including phenoxy) is 3. The standard InChI is InChI=1S/C25H31N3O4/c1-4-31-23-11-8-20(16-24(23)32-5-2)12-14-27-18-21(17-26)25(29)28-15-13-19-6-9-22(30-3)10-7-19/h6-11,16,18,27H,4-5,12-15H2,1-3H3,(H,28,29)/b21-18-. The van der Waals surface area contributed by atoms with Crippen LogP contribution >= 0.6 is 0 Å². The summed E-state index contributed by atoms with van der Waals surface area (Å²) in [5.41, 5.74) is 2.19. The molecule has 2 aromatic rings. The lowest BCUT2D eigenvalue weighted by atomic mass is 10.1. The van der Waals surface area contributed by atoms with E-state index in [1.807, 2.05) is 62.4 Å². The number of methoxy groups -OCH3 is 1. The highest BCUT2D eigenvalue weighted by atomic mass is 16.5. The van der Waals surface area contributed by atoms with Crippen molar-refractivity contribution < 1.29 is 19.0 Å². The second kappa shape index (κ2) is 13.6. The van der Waals surface area contributed by atoms with Crippen molar-refractivity contribution >= 4 is 5.91 Å². The number of hydrogen-bond acceptors (Lipinski definition) is 6. The van der Waals surface area contributed by atoms with Gasteiger partial charge in [-0.1, -0.05) is 18.2 Å². The van der Waals surface area contributed by atoms with Gasteiger partial charge in [-0.15, -0.1) is 0 Å². The van der Waals surface area contributed by atoms with E-state index in [0.717, 1.165) is 28.4 Å². The molecule has 1 amide bonds. The molecule has 0 unspecified atom stereocenters. The summed E-state index contributed by atoms with van der Waals surface area (Å²) in [5.74, 6) is 1.84. The van der Waals surface area contributed by atoms with Crippen molar-refractivity contribution in [2.24, 2.45) is 0 Å². The molecule has 0 aliphatic heterocycles. The Bertz CT molecular complexity index is 933. The molecule has 0 aromatic heterocycles. The van der Waals surface area contributed by atoms with Gasteiger partial charge in [-0.2, -0.15) is 5.26 Å². The van der Waals surface area contributed by atoms with Crippen molar-refractivity contribution in [3.8, 4) is 23.3 Å². The number of carbonyl (C=O) groups excluding carboxylic acids is 1. The van der Waals surface area contributed by atoms with Crippen LogP contribution in [0.5, 0.6) is 17.2 Å². The quantitative estimate of drug-likeness (QED) is 0.284. The lowest BCUT2D eigenvalue weighted by molar-refractivity contribution is -0.117. The summed E-state index contributed by atoms with van der Waals surface area (Å²) in [6.45, 7) is 6.01. The van der Waals surface area contributed by atoms with Crippen molar-refractivity contribution in [2.45, 2.75) is 26.7 Å². The summed E-state index contributed by atoms with van der Waals surface area (Å²) < 4.78 is 16.4. The van der Waals surface area contributed by atoms with Gasteiger partial charge in [0.25, 0.3) is 5.91 Å². The zero-order valence-corrected chi connectivity index (χ0v) is 18.9. The van der Waals surface area contributed by atoms with Gasteiger partial charge < -0.3 is 24.8 Å². The van der Waals surface area contributed by atoms with E-state index in [-0.39, 0.29) is 5.57 Å². The topological polar surface area (TPSA) is 92.6 Å². The molecule has 0 aliphatic rings. The van der Waals surface area contributed by atoms with E-state index in [2.05, 4.69) is 10.6 Å². The van der Waals surface area contributed by atoms with E-state index in [9.17, 15) is 10.1 Å². The summed E-state index contributed by atoms with van der Waals surface area (Å²) >= 11 is 0. The van der Waals surface area contributed by atoms with Crippen molar-refractivity contribution in [2.75, 3.05) is 33.4 Å². The van der Waals surface area contributed by atoms with Gasteiger partial charge in [0.15, 0.2) is 11.5 Å². The summed E-state index contributed by atoms with van der Waals surface area (Å²) in [6.07, 6.45) is 2.84. The predicted molar refractivity (Wildman–Crippen MR) is 124 cm³/mol. The maximum Gasteiger partial charge on any atom is 0.263 e. The van der Waals surface area contributed by atoms with Gasteiger partial charge >= 0.3 is 0 Å². The molecular weight excluding hydrogens is 406 g/mol. The Hall–Kier alpha value is -3.66. The lowest BCUT2D eigenvalue weighted by Gasteiger charge is -2.12. The van der Waals surface area contributed by atoms with Gasteiger partial charge in [0.05, 0.1) is 20.3 Å². The third kappa shape index (κ3) is 7.88. The third-order valence-corrected chi connectivity index (χ3v) is 4.64. The Morgan fingerprint density at radius 2 is 1.62 bits per heavy atom. The van der Waals surface area contributed by atoms with Crippen LogP contribution < -0.4 is 24.8 Å². The molecule has 7 heteroatoms. The highest BCUT2D eigenvalue weighted by molar-refractivity contribution is 5.97. The average Bonchev–Trinajstić information content (AvgIpc) is 2.81. The molecular formula is C25H31N3O4. The Balaban J connectivity index is 1.81. The van der Waals surface area contributed by atoms with Crippen molar-refractivity contribution in [1.82, 2.24) is 10.6 Å². The first-order chi connectivity index (χ1) is 15.6. The van der Waals surface area contributed by atoms with Gasteiger partial charge in [0, 0.05) is 19.3 Å². The first-order valence-corrected chi connectivity index (χ1v) is 10.7. The molecule has 0 aliphatic carbocycles. The molecule has 2 aromatic carbocycles. The number of carbonyl (C=O) groups is 1. The fourth-order valence-electron chi connectivity index (χ4n) is 3.00. The highest BCUT2D eigenvalue weighted by Crippen LogP contribution is 2.28. The Labute approximate surface area is 190 Å². The van der Waals surface area contributed by atoms with Crippen LogP contribution in [0, 0.1) is 11.3 Å². The Kier molecular flexibility index (Phi) is 10.5. The summed E-state index contributed by atoms with van der Waals surface area (Å²) in [6, 6.07) is 15.4. The first kappa shape index (κ1) is 24.6. The fourth-order valence-corrected chi connectivity index (χ4v) is 3.00. The molecule has 0 fully saturated rings. The average molecular weight is 438 g/mol. The van der Waals surface area contributed by atoms with Gasteiger partial charge in [-0.3, -0.25) is 4.79 Å². The Morgan fingerprint density at radius 3 is 2.28 bits per heavy atom. The molecule has 0 spiro atoms. The molecule has 7 nitrogen and oxygen atoms in total. The molecule has 0 radical (unpaired) electrons. The minimum atomic E-state index is -0.395. The van der Waals surface area contributed by atoms with Crippen LogP contribution in [0.4, 0.5) is 0 Å². The predicted octanol–water partition coefficient (Wildman–Crippen LogP) is 3.39. The van der Waals surface area contributed by atoms with E-state index < -0.39 is 5.91 Å². The summed E-state index contributed by atoms with van der Waals surface area (Å²) in [4.78, 5) is 12.3. The smallest absolute Gasteiger partial charge is 0.263 e. The van der Waals surface area contributed by atoms with Gasteiger partial charge in [-0.05, 0) is 62.1 Å². The van der Waals surface area contributed by atoms with Crippen LogP contribution in [-0.4, -0.2) is 39.3 Å². The molecule has 2 N–H and O–H groups in total. The van der Waals surface area contributed by atoms with Crippen LogP contribution in [-0.2, 0) is 17.6 Å². The van der Waals surface area contributed by atoms with E-state index in [1.165, 1.54) is 6.20 Å². The van der Waals surface area contributed by atoms with Crippen LogP contribution in [0.25, 0.3) is 0 Å². The van der Waals surface area contributed by atoms with Gasteiger partial charge in [0.1, 0.15) is 17.4 Å². The van der Waals surface area contributed by atoms with Crippen LogP contribution in [0.3, 0.4) is 0 Å². The molecule has 0 bridgehead atoms. The second-order valence-corrected chi connectivity index (χ2v) is 6.88. The van der Waals surface area contributed by atoms with Crippen molar-refractivity contribution in [1.29, 1.82) is 5.26 Å². The second-order valence-electron chi connectivity index (χ2n) is 6.88. The minimum absolute atomic E-state index is 0.0430. The lowest BCUT2D eigenvalue weighted by Crippen LogP contribution is -2.28. The largest absolute Gasteiger partial charge is 0.497 e. The van der Waals surface area contributed by atoms with Crippen LogP contribution in [0.2, 0.25) is 0 Å².